The largest absolute Gasteiger partial charge is 0.446 e. The van der Waals surface area contributed by atoms with E-state index < -0.39 is 16.1 Å². The summed E-state index contributed by atoms with van der Waals surface area (Å²) in [4.78, 5) is 13.2. The van der Waals surface area contributed by atoms with Crippen LogP contribution < -0.4 is 10.0 Å². The maximum atomic E-state index is 13.0. The van der Waals surface area contributed by atoms with E-state index in [1.165, 1.54) is 63.4 Å². The topological polar surface area (TPSA) is 84.5 Å². The first-order valence-electron chi connectivity index (χ1n) is 19.2. The molecule has 0 radical (unpaired) electrons. The van der Waals surface area contributed by atoms with Crippen molar-refractivity contribution in [3.8, 4) is 0 Å². The van der Waals surface area contributed by atoms with Crippen molar-refractivity contribution in [3.05, 3.63) is 35.9 Å². The Morgan fingerprint density at radius 3 is 2.38 bits per heavy atom. The number of nitrogens with one attached hydrogen (secondary N) is 2. The molecule has 0 aromatic heterocycles. The summed E-state index contributed by atoms with van der Waals surface area (Å²) >= 11 is 0. The summed E-state index contributed by atoms with van der Waals surface area (Å²) in [7, 11) is -3.58. The summed E-state index contributed by atoms with van der Waals surface area (Å²) in [6.45, 7) is 12.4. The average molecular weight is 667 g/mol. The molecule has 2 N–H and O–H groups in total. The van der Waals surface area contributed by atoms with Crippen LogP contribution in [0.15, 0.2) is 40.8 Å². The molecule has 47 heavy (non-hydrogen) atoms. The molecule has 0 spiro atoms. The van der Waals surface area contributed by atoms with Gasteiger partial charge in [-0.15, -0.1) is 0 Å². The zero-order chi connectivity index (χ0) is 33.4. The van der Waals surface area contributed by atoms with Crippen LogP contribution in [0.5, 0.6) is 0 Å². The van der Waals surface area contributed by atoms with E-state index in [1.807, 2.05) is 0 Å². The maximum Gasteiger partial charge on any atom is 0.411 e. The number of rotatable bonds is 10. The van der Waals surface area contributed by atoms with Crippen LogP contribution in [0.3, 0.4) is 0 Å². The van der Waals surface area contributed by atoms with Crippen molar-refractivity contribution >= 4 is 21.8 Å². The Labute approximate surface area is 285 Å². The Balaban J connectivity index is 1.03. The molecular weight excluding hydrogens is 605 g/mol. The third-order valence-corrected chi connectivity index (χ3v) is 15.4. The van der Waals surface area contributed by atoms with Gasteiger partial charge in [-0.3, -0.25) is 5.32 Å². The number of fused-ring (bicyclic) bond motifs is 5. The molecule has 0 saturated heterocycles. The number of hydrogen-bond donors (Lipinski definition) is 2. The third kappa shape index (κ3) is 7.37. The average Bonchev–Trinajstić information content (AvgIpc) is 3.39. The number of benzene rings is 1. The van der Waals surface area contributed by atoms with Crippen molar-refractivity contribution in [2.45, 2.75) is 154 Å². The molecule has 6 nitrogen and oxygen atoms in total. The fraction of sp³-hybridized carbons (Fsp3) is 0.775. The normalized spacial score (nSPS) is 34.9. The highest BCUT2D eigenvalue weighted by molar-refractivity contribution is 7.89. The molecule has 7 heteroatoms. The van der Waals surface area contributed by atoms with E-state index in [0.29, 0.717) is 11.1 Å². The van der Waals surface area contributed by atoms with Gasteiger partial charge in [0.1, 0.15) is 6.10 Å². The molecule has 262 valence electrons. The van der Waals surface area contributed by atoms with Crippen LogP contribution in [0, 0.1) is 46.3 Å². The Morgan fingerprint density at radius 2 is 1.66 bits per heavy atom. The van der Waals surface area contributed by atoms with Crippen molar-refractivity contribution in [1.29, 1.82) is 0 Å². The van der Waals surface area contributed by atoms with Crippen LogP contribution in [0.4, 0.5) is 10.5 Å². The maximum absolute atomic E-state index is 13.0. The monoisotopic (exact) mass is 666 g/mol. The molecule has 4 fully saturated rings. The highest BCUT2D eigenvalue weighted by atomic mass is 32.2. The zero-order valence-corrected chi connectivity index (χ0v) is 30.7. The molecular formula is C40H62N2O4S. The molecule has 8 atom stereocenters. The standard InChI is InChI=1S/C40H62N2O4S/c1-27(2)10-9-11-28(3)35-20-21-36-34-19-14-29-26-32(22-24-39(29,4)37(34)23-25-40(35,36)5)46-38(43)41-30-15-17-33(18-16-30)47(44,45)42-31-12-7-6-8-13-31/h14-18,27-28,31-32,34-37,42H,6-13,19-26H2,1-5H3,(H,41,43)/t28-,32+,34+,35-,36+,37+,39+,40-/m1/s1. The molecule has 6 rings (SSSR count). The summed E-state index contributed by atoms with van der Waals surface area (Å²) in [6.07, 6.45) is 20.7. The fourth-order valence-corrected chi connectivity index (χ4v) is 12.6. The predicted octanol–water partition coefficient (Wildman–Crippen LogP) is 10.3. The molecule has 0 unspecified atom stereocenters. The molecule has 0 aliphatic heterocycles. The number of anilines is 1. The molecule has 0 heterocycles. The minimum atomic E-state index is -3.58. The SMILES string of the molecule is CC(C)CCC[C@@H](C)[C@H]1CC[C@H]2[C@@H]3CC=C4C[C@@H](OC(=O)Nc5ccc(S(=O)(=O)NC6CCCCC6)cc5)CC[C@]4(C)[C@H]3CC[C@]12C. The van der Waals surface area contributed by atoms with E-state index in [9.17, 15) is 13.2 Å². The van der Waals surface area contributed by atoms with E-state index in [2.05, 4.69) is 50.7 Å². The molecule has 1 aromatic rings. The molecule has 4 saturated carbocycles. The molecule has 0 bridgehead atoms. The minimum Gasteiger partial charge on any atom is -0.446 e. The number of carbonyl (C=O) groups is 1. The number of allylic oxidation sites excluding steroid dienone is 1. The van der Waals surface area contributed by atoms with E-state index in [0.717, 1.165) is 80.5 Å². The van der Waals surface area contributed by atoms with Crippen molar-refractivity contribution in [2.24, 2.45) is 46.3 Å². The Hall–Kier alpha value is -1.86. The lowest BCUT2D eigenvalue weighted by Crippen LogP contribution is -2.51. The molecule has 1 amide bonds. The van der Waals surface area contributed by atoms with E-state index in [-0.39, 0.29) is 22.5 Å². The van der Waals surface area contributed by atoms with Gasteiger partial charge in [-0.1, -0.05) is 84.8 Å². The smallest absolute Gasteiger partial charge is 0.411 e. The van der Waals surface area contributed by atoms with Crippen LogP contribution in [0.1, 0.15) is 137 Å². The van der Waals surface area contributed by atoms with Gasteiger partial charge in [0.15, 0.2) is 0 Å². The van der Waals surface area contributed by atoms with Crippen LogP contribution in [0.25, 0.3) is 0 Å². The first-order valence-corrected chi connectivity index (χ1v) is 20.7. The number of carbonyl (C=O) groups excluding carboxylic acids is 1. The third-order valence-electron chi connectivity index (χ3n) is 13.9. The van der Waals surface area contributed by atoms with Crippen LogP contribution in [-0.4, -0.2) is 26.7 Å². The minimum absolute atomic E-state index is 0.00973. The van der Waals surface area contributed by atoms with Gasteiger partial charge < -0.3 is 4.74 Å². The number of ether oxygens (including phenoxy) is 1. The van der Waals surface area contributed by atoms with Gasteiger partial charge in [-0.25, -0.2) is 17.9 Å². The van der Waals surface area contributed by atoms with Gasteiger partial charge in [0.25, 0.3) is 0 Å². The van der Waals surface area contributed by atoms with Crippen molar-refractivity contribution in [2.75, 3.05) is 5.32 Å². The number of amides is 1. The predicted molar refractivity (Wildman–Crippen MR) is 191 cm³/mol. The van der Waals surface area contributed by atoms with Crippen molar-refractivity contribution < 1.29 is 17.9 Å². The van der Waals surface area contributed by atoms with Crippen LogP contribution in [-0.2, 0) is 14.8 Å². The fourth-order valence-electron chi connectivity index (χ4n) is 11.3. The molecule has 1 aromatic carbocycles. The lowest BCUT2D eigenvalue weighted by Gasteiger charge is -2.58. The highest BCUT2D eigenvalue weighted by Crippen LogP contribution is 2.67. The second-order valence-electron chi connectivity index (χ2n) is 17.2. The number of sulfonamides is 1. The summed E-state index contributed by atoms with van der Waals surface area (Å²) in [5.74, 6) is 4.90. The van der Waals surface area contributed by atoms with Crippen molar-refractivity contribution in [1.82, 2.24) is 4.72 Å². The first-order chi connectivity index (χ1) is 22.4. The van der Waals surface area contributed by atoms with Crippen LogP contribution in [0.2, 0.25) is 0 Å². The Bertz CT molecular complexity index is 1380. The van der Waals surface area contributed by atoms with Gasteiger partial charge in [-0.05, 0) is 128 Å². The Morgan fingerprint density at radius 1 is 0.915 bits per heavy atom. The lowest BCUT2D eigenvalue weighted by atomic mass is 9.47. The van der Waals surface area contributed by atoms with E-state index in [4.69, 9.17) is 4.74 Å². The Kier molecular flexibility index (Phi) is 10.5. The molecule has 5 aliphatic rings. The van der Waals surface area contributed by atoms with Gasteiger partial charge >= 0.3 is 6.09 Å². The molecule has 5 aliphatic carbocycles. The quantitative estimate of drug-likeness (QED) is 0.243. The highest BCUT2D eigenvalue weighted by Gasteiger charge is 2.59. The van der Waals surface area contributed by atoms with Gasteiger partial charge in [0.2, 0.25) is 10.0 Å². The number of hydrogen-bond acceptors (Lipinski definition) is 4. The lowest BCUT2D eigenvalue weighted by molar-refractivity contribution is -0.0577. The first kappa shape index (κ1) is 35.0. The second kappa shape index (κ2) is 14.2. The van der Waals surface area contributed by atoms with E-state index in [1.54, 1.807) is 24.3 Å². The van der Waals surface area contributed by atoms with Gasteiger partial charge in [0.05, 0.1) is 4.90 Å². The van der Waals surface area contributed by atoms with Gasteiger partial charge in [0, 0.05) is 18.2 Å². The van der Waals surface area contributed by atoms with Crippen LogP contribution >= 0.6 is 0 Å². The van der Waals surface area contributed by atoms with Crippen molar-refractivity contribution in [3.63, 3.8) is 0 Å². The summed E-state index contributed by atoms with van der Waals surface area (Å²) in [6, 6.07) is 6.43. The van der Waals surface area contributed by atoms with Gasteiger partial charge in [-0.2, -0.15) is 0 Å². The second-order valence-corrected chi connectivity index (χ2v) is 18.9. The summed E-state index contributed by atoms with van der Waals surface area (Å²) in [5.41, 5.74) is 2.77. The van der Waals surface area contributed by atoms with E-state index >= 15 is 0 Å². The summed E-state index contributed by atoms with van der Waals surface area (Å²) < 4.78 is 34.6. The zero-order valence-electron chi connectivity index (χ0n) is 29.9. The summed E-state index contributed by atoms with van der Waals surface area (Å²) in [5, 5.41) is 2.84.